The molecule has 0 aromatic carbocycles. The molecule has 108 valence electrons. The Balaban J connectivity index is 2.35. The standard InChI is InChI=1S/C15H16N4O2/c1-3-10-8-12-13(17-9-10)19(11-4-6-16-7-5-11)15(21)14(20)18(12)2/h1,8-9,11,16H,4-7H2,2H3. The minimum atomic E-state index is -0.544. The number of rotatable bonds is 1. The number of nitrogens with one attached hydrogen (secondary N) is 1. The number of terminal acetylenes is 1. The molecule has 1 N–H and O–H groups in total. The molecule has 0 unspecified atom stereocenters. The third-order valence-corrected chi connectivity index (χ3v) is 3.98. The largest absolute Gasteiger partial charge is 0.318 e. The maximum atomic E-state index is 12.4. The fraction of sp³-hybridized carbons (Fsp3) is 0.400. The van der Waals surface area contributed by atoms with Crippen molar-refractivity contribution in [2.24, 2.45) is 7.05 Å². The molecule has 1 fully saturated rings. The van der Waals surface area contributed by atoms with Crippen molar-refractivity contribution >= 4 is 11.2 Å². The smallest absolute Gasteiger partial charge is 0.317 e. The maximum absolute atomic E-state index is 12.4. The van der Waals surface area contributed by atoms with Gasteiger partial charge < -0.3 is 9.88 Å². The van der Waals surface area contributed by atoms with Crippen LogP contribution in [0.2, 0.25) is 0 Å². The summed E-state index contributed by atoms with van der Waals surface area (Å²) >= 11 is 0. The van der Waals surface area contributed by atoms with E-state index >= 15 is 0 Å². The van der Waals surface area contributed by atoms with Crippen LogP contribution in [0.15, 0.2) is 21.9 Å². The Bertz CT molecular complexity index is 851. The van der Waals surface area contributed by atoms with Gasteiger partial charge in [0.1, 0.15) is 0 Å². The molecular formula is C15H16N4O2. The highest BCUT2D eigenvalue weighted by atomic mass is 16.2. The highest BCUT2D eigenvalue weighted by Crippen LogP contribution is 2.20. The van der Waals surface area contributed by atoms with Gasteiger partial charge in [-0.05, 0) is 32.0 Å². The van der Waals surface area contributed by atoms with Crippen LogP contribution in [0, 0.1) is 12.3 Å². The molecular weight excluding hydrogens is 268 g/mol. The molecule has 1 aliphatic heterocycles. The van der Waals surface area contributed by atoms with E-state index in [4.69, 9.17) is 6.42 Å². The molecule has 0 aliphatic carbocycles. The molecule has 3 rings (SSSR count). The highest BCUT2D eigenvalue weighted by molar-refractivity contribution is 5.72. The van der Waals surface area contributed by atoms with Gasteiger partial charge in [-0.1, -0.05) is 5.92 Å². The average molecular weight is 284 g/mol. The summed E-state index contributed by atoms with van der Waals surface area (Å²) in [6.45, 7) is 1.66. The fourth-order valence-corrected chi connectivity index (χ4v) is 2.81. The van der Waals surface area contributed by atoms with E-state index in [0.29, 0.717) is 16.7 Å². The van der Waals surface area contributed by atoms with Crippen LogP contribution in [0.3, 0.4) is 0 Å². The van der Waals surface area contributed by atoms with Gasteiger partial charge in [0.15, 0.2) is 5.65 Å². The van der Waals surface area contributed by atoms with E-state index in [1.807, 2.05) is 0 Å². The number of nitrogens with zero attached hydrogens (tertiary/aromatic N) is 3. The predicted molar refractivity (Wildman–Crippen MR) is 80.3 cm³/mol. The van der Waals surface area contributed by atoms with E-state index in [2.05, 4.69) is 16.2 Å². The lowest BCUT2D eigenvalue weighted by Crippen LogP contribution is -2.44. The van der Waals surface area contributed by atoms with Gasteiger partial charge in [0.05, 0.1) is 5.52 Å². The van der Waals surface area contributed by atoms with Gasteiger partial charge in [-0.25, -0.2) is 4.98 Å². The number of hydrogen-bond acceptors (Lipinski definition) is 4. The summed E-state index contributed by atoms with van der Waals surface area (Å²) in [5.41, 5.74) is 0.643. The molecule has 0 atom stereocenters. The Morgan fingerprint density at radius 3 is 2.71 bits per heavy atom. The van der Waals surface area contributed by atoms with Crippen LogP contribution in [0.25, 0.3) is 11.2 Å². The Morgan fingerprint density at radius 2 is 2.05 bits per heavy atom. The molecule has 3 heterocycles. The van der Waals surface area contributed by atoms with Crippen molar-refractivity contribution in [1.82, 2.24) is 19.4 Å². The zero-order valence-corrected chi connectivity index (χ0v) is 11.8. The van der Waals surface area contributed by atoms with E-state index in [9.17, 15) is 9.59 Å². The van der Waals surface area contributed by atoms with Crippen molar-refractivity contribution in [3.63, 3.8) is 0 Å². The van der Waals surface area contributed by atoms with E-state index < -0.39 is 11.1 Å². The summed E-state index contributed by atoms with van der Waals surface area (Å²) in [5.74, 6) is 2.50. The van der Waals surface area contributed by atoms with E-state index in [-0.39, 0.29) is 6.04 Å². The zero-order valence-electron chi connectivity index (χ0n) is 11.8. The minimum Gasteiger partial charge on any atom is -0.317 e. The summed E-state index contributed by atoms with van der Waals surface area (Å²) in [6, 6.07) is 1.72. The lowest BCUT2D eigenvalue weighted by molar-refractivity contribution is 0.365. The first-order chi connectivity index (χ1) is 10.1. The van der Waals surface area contributed by atoms with Crippen LogP contribution in [0.4, 0.5) is 0 Å². The third-order valence-electron chi connectivity index (χ3n) is 3.98. The summed E-state index contributed by atoms with van der Waals surface area (Å²) in [7, 11) is 1.57. The molecule has 0 saturated carbocycles. The molecule has 1 saturated heterocycles. The molecule has 0 amide bonds. The number of pyridine rings is 1. The number of hydrogen-bond donors (Lipinski definition) is 1. The van der Waals surface area contributed by atoms with Gasteiger partial charge in [0.2, 0.25) is 0 Å². The van der Waals surface area contributed by atoms with Gasteiger partial charge in [-0.2, -0.15) is 0 Å². The summed E-state index contributed by atoms with van der Waals surface area (Å²) in [4.78, 5) is 28.9. The van der Waals surface area contributed by atoms with Gasteiger partial charge in [0, 0.05) is 24.8 Å². The molecule has 6 nitrogen and oxygen atoms in total. The van der Waals surface area contributed by atoms with Crippen LogP contribution >= 0.6 is 0 Å². The molecule has 0 spiro atoms. The molecule has 6 heteroatoms. The van der Waals surface area contributed by atoms with Crippen LogP contribution in [0.5, 0.6) is 0 Å². The lowest BCUT2D eigenvalue weighted by Gasteiger charge is -2.25. The van der Waals surface area contributed by atoms with Crippen LogP contribution in [-0.2, 0) is 7.05 Å². The Kier molecular flexibility index (Phi) is 3.35. The molecule has 21 heavy (non-hydrogen) atoms. The van der Waals surface area contributed by atoms with Crippen molar-refractivity contribution in [1.29, 1.82) is 0 Å². The Morgan fingerprint density at radius 1 is 1.33 bits per heavy atom. The molecule has 0 radical (unpaired) electrons. The lowest BCUT2D eigenvalue weighted by atomic mass is 10.1. The van der Waals surface area contributed by atoms with Gasteiger partial charge in [-0.15, -0.1) is 6.42 Å². The SMILES string of the molecule is C#Cc1cnc2c(c1)n(C)c(=O)c(=O)n2C1CCNCC1. The number of aromatic nitrogens is 3. The van der Waals surface area contributed by atoms with Crippen molar-refractivity contribution < 1.29 is 0 Å². The van der Waals surface area contributed by atoms with Crippen LogP contribution in [-0.4, -0.2) is 27.2 Å². The zero-order chi connectivity index (χ0) is 15.0. The molecule has 0 bridgehead atoms. The molecule has 1 aliphatic rings. The van der Waals surface area contributed by atoms with E-state index in [1.54, 1.807) is 23.9 Å². The average Bonchev–Trinajstić information content (AvgIpc) is 2.54. The highest BCUT2D eigenvalue weighted by Gasteiger charge is 2.21. The monoisotopic (exact) mass is 284 g/mol. The maximum Gasteiger partial charge on any atom is 0.318 e. The quantitative estimate of drug-likeness (QED) is 0.591. The second-order valence-electron chi connectivity index (χ2n) is 5.23. The predicted octanol–water partition coefficient (Wildman–Crippen LogP) is 0.001000. The Hall–Kier alpha value is -2.39. The van der Waals surface area contributed by atoms with E-state index in [1.165, 1.54) is 4.57 Å². The van der Waals surface area contributed by atoms with Crippen LogP contribution < -0.4 is 16.4 Å². The topological polar surface area (TPSA) is 68.9 Å². The number of fused-ring (bicyclic) bond motifs is 1. The van der Waals surface area contributed by atoms with Crippen molar-refractivity contribution in [3.8, 4) is 12.3 Å². The van der Waals surface area contributed by atoms with Crippen LogP contribution in [0.1, 0.15) is 24.4 Å². The van der Waals surface area contributed by atoms with E-state index in [0.717, 1.165) is 25.9 Å². The first kappa shape index (κ1) is 13.6. The van der Waals surface area contributed by atoms with Gasteiger partial charge >= 0.3 is 11.1 Å². The summed E-state index contributed by atoms with van der Waals surface area (Å²) < 4.78 is 2.86. The third kappa shape index (κ3) is 2.16. The number of piperidine rings is 1. The summed E-state index contributed by atoms with van der Waals surface area (Å²) in [6.07, 6.45) is 8.56. The van der Waals surface area contributed by atoms with Crippen molar-refractivity contribution in [3.05, 3.63) is 38.5 Å². The summed E-state index contributed by atoms with van der Waals surface area (Å²) in [5, 5.41) is 3.25. The second-order valence-corrected chi connectivity index (χ2v) is 5.23. The minimum absolute atomic E-state index is 0.000615. The van der Waals surface area contributed by atoms with Gasteiger partial charge in [0.25, 0.3) is 0 Å². The first-order valence-corrected chi connectivity index (χ1v) is 6.92. The number of aryl methyl sites for hydroxylation is 1. The first-order valence-electron chi connectivity index (χ1n) is 6.92. The fourth-order valence-electron chi connectivity index (χ4n) is 2.81. The molecule has 2 aromatic rings. The van der Waals surface area contributed by atoms with Crippen molar-refractivity contribution in [2.75, 3.05) is 13.1 Å². The second kappa shape index (κ2) is 5.19. The molecule has 2 aromatic heterocycles. The van der Waals surface area contributed by atoms with Crippen molar-refractivity contribution in [2.45, 2.75) is 18.9 Å². The normalized spacial score (nSPS) is 16.0. The Labute approximate surface area is 121 Å². The van der Waals surface area contributed by atoms with Gasteiger partial charge in [-0.3, -0.25) is 14.2 Å².